The summed E-state index contributed by atoms with van der Waals surface area (Å²) in [5.41, 5.74) is 6.56. The molecule has 2 N–H and O–H groups in total. The SMILES string of the molecule is CC(N(C)C)C(C)(C(N)=O)c1ccccc1C(=O)c1ccccc1. The molecule has 1 amide bonds. The van der Waals surface area contributed by atoms with Gasteiger partial charge < -0.3 is 10.6 Å². The third-order valence-electron chi connectivity index (χ3n) is 4.89. The minimum Gasteiger partial charge on any atom is -0.369 e. The maximum atomic E-state index is 13.0. The summed E-state index contributed by atoms with van der Waals surface area (Å²) in [6, 6.07) is 16.1. The van der Waals surface area contributed by atoms with Crippen LogP contribution in [0.4, 0.5) is 0 Å². The summed E-state index contributed by atoms with van der Waals surface area (Å²) in [5, 5.41) is 0. The van der Waals surface area contributed by atoms with Crippen LogP contribution in [-0.2, 0) is 10.2 Å². The van der Waals surface area contributed by atoms with Crippen molar-refractivity contribution in [1.29, 1.82) is 0 Å². The van der Waals surface area contributed by atoms with Gasteiger partial charge in [0.25, 0.3) is 0 Å². The van der Waals surface area contributed by atoms with Crippen LogP contribution in [-0.4, -0.2) is 36.7 Å². The number of rotatable bonds is 6. The van der Waals surface area contributed by atoms with E-state index in [9.17, 15) is 9.59 Å². The Morgan fingerprint density at radius 2 is 1.54 bits per heavy atom. The summed E-state index contributed by atoms with van der Waals surface area (Å²) in [4.78, 5) is 27.3. The van der Waals surface area contributed by atoms with Crippen LogP contribution in [0.3, 0.4) is 0 Å². The normalized spacial score (nSPS) is 14.9. The van der Waals surface area contributed by atoms with Gasteiger partial charge in [0.2, 0.25) is 5.91 Å². The van der Waals surface area contributed by atoms with E-state index in [2.05, 4.69) is 0 Å². The minimum absolute atomic E-state index is 0.107. The number of benzene rings is 2. The predicted molar refractivity (Wildman–Crippen MR) is 96.0 cm³/mol. The zero-order valence-corrected chi connectivity index (χ0v) is 14.6. The fourth-order valence-electron chi connectivity index (χ4n) is 2.96. The number of carbonyl (C=O) groups excluding carboxylic acids is 2. The van der Waals surface area contributed by atoms with Crippen LogP contribution >= 0.6 is 0 Å². The van der Waals surface area contributed by atoms with Crippen molar-refractivity contribution in [3.63, 3.8) is 0 Å². The highest BCUT2D eigenvalue weighted by molar-refractivity contribution is 6.11. The molecular weight excluding hydrogens is 300 g/mol. The number of nitrogens with two attached hydrogens (primary N) is 1. The molecule has 0 aliphatic carbocycles. The van der Waals surface area contributed by atoms with Crippen molar-refractivity contribution in [1.82, 2.24) is 4.90 Å². The first-order valence-electron chi connectivity index (χ1n) is 7.95. The van der Waals surface area contributed by atoms with Gasteiger partial charge in [-0.25, -0.2) is 0 Å². The van der Waals surface area contributed by atoms with Gasteiger partial charge in [0.15, 0.2) is 5.78 Å². The molecule has 2 aromatic carbocycles. The molecule has 126 valence electrons. The molecular formula is C20H24N2O2. The zero-order valence-electron chi connectivity index (χ0n) is 14.6. The Kier molecular flexibility index (Phi) is 5.20. The number of nitrogens with zero attached hydrogens (tertiary/aromatic N) is 1. The average molecular weight is 324 g/mol. The van der Waals surface area contributed by atoms with E-state index in [0.717, 1.165) is 0 Å². The maximum Gasteiger partial charge on any atom is 0.229 e. The van der Waals surface area contributed by atoms with Crippen LogP contribution in [0.15, 0.2) is 54.6 Å². The molecule has 2 atom stereocenters. The third kappa shape index (κ3) is 3.10. The molecule has 0 aliphatic rings. The number of primary amides is 1. The van der Waals surface area contributed by atoms with Gasteiger partial charge in [0.05, 0.1) is 5.41 Å². The maximum absolute atomic E-state index is 13.0. The lowest BCUT2D eigenvalue weighted by Crippen LogP contribution is -2.53. The molecule has 0 aromatic heterocycles. The Labute approximate surface area is 143 Å². The number of hydrogen-bond acceptors (Lipinski definition) is 3. The lowest BCUT2D eigenvalue weighted by molar-refractivity contribution is -0.125. The van der Waals surface area contributed by atoms with E-state index in [4.69, 9.17) is 5.73 Å². The third-order valence-corrected chi connectivity index (χ3v) is 4.89. The van der Waals surface area contributed by atoms with Crippen LogP contribution in [0.2, 0.25) is 0 Å². The van der Waals surface area contributed by atoms with Gasteiger partial charge >= 0.3 is 0 Å². The van der Waals surface area contributed by atoms with Gasteiger partial charge in [-0.05, 0) is 33.5 Å². The van der Waals surface area contributed by atoms with E-state index >= 15 is 0 Å². The number of hydrogen-bond donors (Lipinski definition) is 1. The van der Waals surface area contributed by atoms with E-state index in [1.807, 2.05) is 56.3 Å². The van der Waals surface area contributed by atoms with Crippen molar-refractivity contribution in [2.24, 2.45) is 5.73 Å². The quantitative estimate of drug-likeness (QED) is 0.831. The molecule has 4 heteroatoms. The van der Waals surface area contributed by atoms with E-state index in [-0.39, 0.29) is 11.8 Å². The number of carbonyl (C=O) groups is 2. The standard InChI is InChI=1S/C20H24N2O2/c1-14(22(3)4)20(2,19(21)24)17-13-9-8-12-16(17)18(23)15-10-6-5-7-11-15/h5-14H,1-4H3,(H2,21,24). The molecule has 24 heavy (non-hydrogen) atoms. The summed E-state index contributed by atoms with van der Waals surface area (Å²) in [7, 11) is 3.79. The van der Waals surface area contributed by atoms with Gasteiger partial charge in [-0.1, -0.05) is 54.6 Å². The molecule has 0 fully saturated rings. The van der Waals surface area contributed by atoms with Crippen LogP contribution in [0.5, 0.6) is 0 Å². The molecule has 0 radical (unpaired) electrons. The first kappa shape index (κ1) is 17.9. The van der Waals surface area contributed by atoms with Crippen molar-refractivity contribution in [2.45, 2.75) is 25.3 Å². The lowest BCUT2D eigenvalue weighted by Gasteiger charge is -2.38. The number of ketones is 1. The summed E-state index contributed by atoms with van der Waals surface area (Å²) < 4.78 is 0. The topological polar surface area (TPSA) is 63.4 Å². The van der Waals surface area contributed by atoms with Crippen LogP contribution in [0, 0.1) is 0 Å². The molecule has 0 heterocycles. The summed E-state index contributed by atoms with van der Waals surface area (Å²) in [6.07, 6.45) is 0. The zero-order chi connectivity index (χ0) is 17.9. The van der Waals surface area contributed by atoms with Crippen molar-refractivity contribution in [3.05, 3.63) is 71.3 Å². The average Bonchev–Trinajstić information content (AvgIpc) is 2.60. The molecule has 2 aromatic rings. The predicted octanol–water partition coefficient (Wildman–Crippen LogP) is 2.61. The summed E-state index contributed by atoms with van der Waals surface area (Å²) in [6.45, 7) is 3.74. The Morgan fingerprint density at radius 3 is 2.08 bits per heavy atom. The largest absolute Gasteiger partial charge is 0.369 e. The van der Waals surface area contributed by atoms with Gasteiger partial charge in [-0.3, -0.25) is 9.59 Å². The van der Waals surface area contributed by atoms with Crippen LogP contribution < -0.4 is 5.73 Å². The fourth-order valence-corrected chi connectivity index (χ4v) is 2.96. The lowest BCUT2D eigenvalue weighted by atomic mass is 9.72. The summed E-state index contributed by atoms with van der Waals surface area (Å²) in [5.74, 6) is -0.554. The van der Waals surface area contributed by atoms with E-state index in [1.165, 1.54) is 0 Å². The van der Waals surface area contributed by atoms with Crippen LogP contribution in [0.25, 0.3) is 0 Å². The van der Waals surface area contributed by atoms with Crippen molar-refractivity contribution in [2.75, 3.05) is 14.1 Å². The minimum atomic E-state index is -0.982. The van der Waals surface area contributed by atoms with Crippen molar-refractivity contribution < 1.29 is 9.59 Å². The van der Waals surface area contributed by atoms with E-state index in [1.54, 1.807) is 31.2 Å². The highest BCUT2D eigenvalue weighted by atomic mass is 16.1. The van der Waals surface area contributed by atoms with E-state index in [0.29, 0.717) is 16.7 Å². The second-order valence-electron chi connectivity index (χ2n) is 6.45. The Morgan fingerprint density at radius 1 is 1.00 bits per heavy atom. The molecule has 0 spiro atoms. The van der Waals surface area contributed by atoms with E-state index < -0.39 is 11.3 Å². The second-order valence-corrected chi connectivity index (χ2v) is 6.45. The fraction of sp³-hybridized carbons (Fsp3) is 0.300. The van der Waals surface area contributed by atoms with Crippen molar-refractivity contribution in [3.8, 4) is 0 Å². The first-order chi connectivity index (χ1) is 11.3. The van der Waals surface area contributed by atoms with Gasteiger partial charge in [0, 0.05) is 17.2 Å². The van der Waals surface area contributed by atoms with Gasteiger partial charge in [0.1, 0.15) is 0 Å². The summed E-state index contributed by atoms with van der Waals surface area (Å²) >= 11 is 0. The first-order valence-corrected chi connectivity index (χ1v) is 7.95. The van der Waals surface area contributed by atoms with Crippen molar-refractivity contribution >= 4 is 11.7 Å². The molecule has 0 aliphatic heterocycles. The van der Waals surface area contributed by atoms with Crippen LogP contribution in [0.1, 0.15) is 35.3 Å². The second kappa shape index (κ2) is 6.97. The number of amides is 1. The Bertz CT molecular complexity index is 740. The molecule has 2 rings (SSSR count). The monoisotopic (exact) mass is 324 g/mol. The number of likely N-dealkylation sites (N-methyl/N-ethyl adjacent to an activating group) is 1. The molecule has 0 saturated carbocycles. The highest BCUT2D eigenvalue weighted by Crippen LogP contribution is 2.33. The smallest absolute Gasteiger partial charge is 0.229 e. The molecule has 4 nitrogen and oxygen atoms in total. The Balaban J connectivity index is 2.63. The highest BCUT2D eigenvalue weighted by Gasteiger charge is 2.42. The molecule has 0 bridgehead atoms. The van der Waals surface area contributed by atoms with Gasteiger partial charge in [-0.2, -0.15) is 0 Å². The van der Waals surface area contributed by atoms with Gasteiger partial charge in [-0.15, -0.1) is 0 Å². The Hall–Kier alpha value is -2.46. The molecule has 0 saturated heterocycles. The molecule has 2 unspecified atom stereocenters.